The van der Waals surface area contributed by atoms with Gasteiger partial charge in [-0.05, 0) is 93.2 Å². The number of alkyl halides is 1. The van der Waals surface area contributed by atoms with Crippen molar-refractivity contribution < 1.29 is 16.4 Å². The molecule has 2 saturated heterocycles. The van der Waals surface area contributed by atoms with Gasteiger partial charge in [-0.1, -0.05) is 59.4 Å². The Bertz CT molecular complexity index is 765. The van der Waals surface area contributed by atoms with E-state index >= 15 is 0 Å². The van der Waals surface area contributed by atoms with E-state index in [0.29, 0.717) is 29.5 Å². The summed E-state index contributed by atoms with van der Waals surface area (Å²) in [6, 6.07) is 0.558. The van der Waals surface area contributed by atoms with Crippen molar-refractivity contribution in [2.45, 2.75) is 97.7 Å². The molecule has 0 bridgehead atoms. The highest BCUT2D eigenvalue weighted by atomic mass is 35.5. The van der Waals surface area contributed by atoms with Crippen molar-refractivity contribution in [3.63, 3.8) is 0 Å². The smallest absolute Gasteiger partial charge is 0.0768 e. The van der Waals surface area contributed by atoms with E-state index in [1.807, 2.05) is 0 Å². The summed E-state index contributed by atoms with van der Waals surface area (Å²) in [5.41, 5.74) is 1.64. The molecule has 230 valence electrons. The first-order valence-corrected chi connectivity index (χ1v) is 14.9. The van der Waals surface area contributed by atoms with E-state index in [1.165, 1.54) is 57.4 Å². The number of nitrogens with one attached hydrogen (secondary N) is 3. The summed E-state index contributed by atoms with van der Waals surface area (Å²) >= 11 is 6.32. The van der Waals surface area contributed by atoms with E-state index in [2.05, 4.69) is 78.9 Å². The zero-order valence-electron chi connectivity index (χ0n) is 24.2. The van der Waals surface area contributed by atoms with Crippen molar-refractivity contribution >= 4 is 11.6 Å². The number of likely N-dealkylation sites (tertiary alicyclic amines) is 1. The fraction of sp³-hybridized carbons (Fsp3) is 0.806. The number of piperidine rings is 2. The van der Waals surface area contributed by atoms with Crippen molar-refractivity contribution in [1.29, 1.82) is 0 Å². The average Bonchev–Trinajstić information content (AvgIpc) is 2.83. The molecule has 2 fully saturated rings. The molecule has 0 aromatic heterocycles. The summed E-state index contributed by atoms with van der Waals surface area (Å²) in [7, 11) is 0. The van der Waals surface area contributed by atoms with Crippen LogP contribution < -0.4 is 16.0 Å². The van der Waals surface area contributed by atoms with Gasteiger partial charge in [-0.2, -0.15) is 0 Å². The van der Waals surface area contributed by atoms with Crippen LogP contribution in [0.4, 0.5) is 0 Å². The van der Waals surface area contributed by atoms with Crippen LogP contribution in [0.25, 0.3) is 0 Å². The maximum atomic E-state index is 6.32. The first-order chi connectivity index (χ1) is 16.8. The minimum Gasteiger partial charge on any atom is -0.412 e. The molecule has 0 spiro atoms. The Morgan fingerprint density at radius 1 is 1.05 bits per heavy atom. The highest BCUT2D eigenvalue weighted by Crippen LogP contribution is 2.43. The quantitative estimate of drug-likeness (QED) is 0.286. The Kier molecular flexibility index (Phi) is 17.4. The standard InChI is InChI=1S/C30H51ClN4.CH4.3H2O/c1-22(2)28(32-18-23-10-15-29(33-19-23)34-26-8-6-5-7-9-26)20-35-17-16-27(30(3,4)21-35)24-11-13-25(31)14-12-24;;;;/h6,8-9,11,13,22-25,27-29,32-34H,5,7,10,12,14-21H2,1-4H3;1H4;3*1H2/t23?,24?,25?,27?,28-,29?;;;;/m0..../s1. The van der Waals surface area contributed by atoms with E-state index in [0.717, 1.165) is 37.8 Å². The monoisotopic (exact) mass is 572 g/mol. The molecule has 2 aliphatic heterocycles. The summed E-state index contributed by atoms with van der Waals surface area (Å²) < 4.78 is 0. The molecule has 0 radical (unpaired) electrons. The lowest BCUT2D eigenvalue weighted by atomic mass is 9.65. The maximum Gasteiger partial charge on any atom is 0.0768 e. The van der Waals surface area contributed by atoms with Gasteiger partial charge < -0.3 is 32.0 Å². The Morgan fingerprint density at radius 3 is 2.38 bits per heavy atom. The van der Waals surface area contributed by atoms with Gasteiger partial charge in [0.15, 0.2) is 0 Å². The van der Waals surface area contributed by atoms with Gasteiger partial charge in [0.2, 0.25) is 0 Å². The lowest BCUT2D eigenvalue weighted by Crippen LogP contribution is -2.54. The maximum absolute atomic E-state index is 6.32. The summed E-state index contributed by atoms with van der Waals surface area (Å²) in [5, 5.41) is 11.7. The van der Waals surface area contributed by atoms with Crippen molar-refractivity contribution in [2.24, 2.45) is 29.1 Å². The van der Waals surface area contributed by atoms with E-state index < -0.39 is 0 Å². The zero-order valence-corrected chi connectivity index (χ0v) is 25.0. The molecule has 4 rings (SSSR count). The van der Waals surface area contributed by atoms with Crippen LogP contribution >= 0.6 is 11.6 Å². The van der Waals surface area contributed by atoms with Crippen molar-refractivity contribution in [2.75, 3.05) is 32.7 Å². The van der Waals surface area contributed by atoms with E-state index in [1.54, 1.807) is 0 Å². The second kappa shape index (κ2) is 17.8. The van der Waals surface area contributed by atoms with Gasteiger partial charge >= 0.3 is 0 Å². The second-order valence-electron chi connectivity index (χ2n) is 12.7. The van der Waals surface area contributed by atoms with Gasteiger partial charge in [-0.15, -0.1) is 11.6 Å². The highest BCUT2D eigenvalue weighted by molar-refractivity contribution is 6.21. The SMILES string of the molecule is C.CC(C)[C@H](CN1CCC(C2C=CC(Cl)CC2)C(C)(C)C1)NCC1CCC(NC2=CCCC=C2)NC1.O.O.O. The Morgan fingerprint density at radius 2 is 1.82 bits per heavy atom. The van der Waals surface area contributed by atoms with Gasteiger partial charge in [-0.3, -0.25) is 5.32 Å². The molecule has 2 aliphatic carbocycles. The number of nitrogens with zero attached hydrogens (tertiary/aromatic N) is 1. The van der Waals surface area contributed by atoms with Crippen molar-refractivity contribution in [1.82, 2.24) is 20.9 Å². The van der Waals surface area contributed by atoms with Crippen LogP contribution in [-0.4, -0.2) is 71.6 Å². The summed E-state index contributed by atoms with van der Waals surface area (Å²) in [5.74, 6) is 2.85. The Hall–Kier alpha value is -0.930. The van der Waals surface area contributed by atoms with Crippen LogP contribution in [0.1, 0.15) is 80.1 Å². The molecular weight excluding hydrogens is 512 g/mol. The first kappa shape index (κ1) is 38.1. The largest absolute Gasteiger partial charge is 0.412 e. The van der Waals surface area contributed by atoms with Gasteiger partial charge in [0.05, 0.1) is 11.5 Å². The van der Waals surface area contributed by atoms with E-state index in [4.69, 9.17) is 11.6 Å². The van der Waals surface area contributed by atoms with Gasteiger partial charge in [0.1, 0.15) is 0 Å². The van der Waals surface area contributed by atoms with Gasteiger partial charge in [0, 0.05) is 31.4 Å². The minimum absolute atomic E-state index is 0. The highest BCUT2D eigenvalue weighted by Gasteiger charge is 2.40. The minimum atomic E-state index is 0. The van der Waals surface area contributed by atoms with Gasteiger partial charge in [0.25, 0.3) is 0 Å². The Balaban J connectivity index is 0.00000361. The third kappa shape index (κ3) is 11.1. The molecule has 0 aromatic rings. The van der Waals surface area contributed by atoms with Gasteiger partial charge in [-0.25, -0.2) is 0 Å². The number of halogens is 1. The van der Waals surface area contributed by atoms with Crippen LogP contribution in [0.15, 0.2) is 36.1 Å². The molecule has 4 aliphatic rings. The van der Waals surface area contributed by atoms with E-state index in [-0.39, 0.29) is 29.2 Å². The third-order valence-corrected chi connectivity index (χ3v) is 9.40. The molecule has 0 aromatic carbocycles. The summed E-state index contributed by atoms with van der Waals surface area (Å²) in [4.78, 5) is 2.75. The normalized spacial score (nSPS) is 31.0. The van der Waals surface area contributed by atoms with Crippen LogP contribution in [0, 0.1) is 29.1 Å². The molecule has 9 N–H and O–H groups in total. The lowest BCUT2D eigenvalue weighted by Gasteiger charge is -2.48. The average molecular weight is 573 g/mol. The Labute approximate surface area is 244 Å². The molecule has 39 heavy (non-hydrogen) atoms. The number of rotatable bonds is 9. The fourth-order valence-corrected chi connectivity index (χ4v) is 7.03. The van der Waals surface area contributed by atoms with Crippen molar-refractivity contribution in [3.05, 3.63) is 36.1 Å². The molecule has 8 heteroatoms. The molecule has 0 saturated carbocycles. The van der Waals surface area contributed by atoms with E-state index in [9.17, 15) is 0 Å². The molecule has 0 amide bonds. The van der Waals surface area contributed by atoms with Crippen LogP contribution in [0.2, 0.25) is 0 Å². The molecule has 2 heterocycles. The summed E-state index contributed by atoms with van der Waals surface area (Å²) in [6.07, 6.45) is 20.5. The fourth-order valence-electron chi connectivity index (χ4n) is 6.82. The zero-order chi connectivity index (χ0) is 24.8. The molecule has 5 unspecified atom stereocenters. The number of hydrogen-bond donors (Lipinski definition) is 3. The molecule has 6 atom stereocenters. The predicted octanol–water partition coefficient (Wildman–Crippen LogP) is 3.83. The molecule has 7 nitrogen and oxygen atoms in total. The van der Waals surface area contributed by atoms with Crippen LogP contribution in [-0.2, 0) is 0 Å². The third-order valence-electron chi connectivity index (χ3n) is 9.03. The first-order valence-electron chi connectivity index (χ1n) is 14.4. The van der Waals surface area contributed by atoms with Crippen LogP contribution in [0.3, 0.4) is 0 Å². The predicted molar refractivity (Wildman–Crippen MR) is 168 cm³/mol. The molecular formula is C31H61ClN4O3. The number of allylic oxidation sites excluding steroid dienone is 5. The lowest BCUT2D eigenvalue weighted by molar-refractivity contribution is 0.0216. The topological polar surface area (TPSA) is 134 Å². The van der Waals surface area contributed by atoms with Crippen molar-refractivity contribution in [3.8, 4) is 0 Å². The summed E-state index contributed by atoms with van der Waals surface area (Å²) in [6.45, 7) is 15.6. The van der Waals surface area contributed by atoms with Crippen LogP contribution in [0.5, 0.6) is 0 Å². The number of hydrogen-bond acceptors (Lipinski definition) is 4. The second-order valence-corrected chi connectivity index (χ2v) is 13.3.